The first-order valence-corrected chi connectivity index (χ1v) is 33.2. The Bertz CT molecular complexity index is 1220. The van der Waals surface area contributed by atoms with Crippen molar-refractivity contribution in [3.05, 3.63) is 48.6 Å². The molecule has 0 spiro atoms. The fourth-order valence-electron chi connectivity index (χ4n) is 10.1. The lowest BCUT2D eigenvalue weighted by Crippen LogP contribution is -2.28. The average Bonchev–Trinajstić information content (AvgIpc) is 3.40. The van der Waals surface area contributed by atoms with Crippen LogP contribution in [0.15, 0.2) is 48.6 Å². The van der Waals surface area contributed by atoms with E-state index in [1.165, 1.54) is 283 Å². The molecule has 5 heteroatoms. The summed E-state index contributed by atoms with van der Waals surface area (Å²) in [4.78, 5) is 24.6. The molecular formula is C69H128O5. The quantitative estimate of drug-likeness (QED) is 0.0373. The maximum atomic E-state index is 12.3. The van der Waals surface area contributed by atoms with Crippen molar-refractivity contribution in [2.24, 2.45) is 0 Å². The summed E-state index contributed by atoms with van der Waals surface area (Å²) in [6, 6.07) is 0. The Labute approximate surface area is 462 Å². The van der Waals surface area contributed by atoms with Gasteiger partial charge in [0.1, 0.15) is 6.61 Å². The first-order chi connectivity index (χ1) is 36.6. The van der Waals surface area contributed by atoms with Gasteiger partial charge in [0.15, 0.2) is 6.10 Å². The zero-order valence-corrected chi connectivity index (χ0v) is 49.9. The Kier molecular flexibility index (Phi) is 63.3. The molecule has 0 rings (SSSR count). The molecule has 434 valence electrons. The minimum Gasteiger partial charge on any atom is -0.462 e. The van der Waals surface area contributed by atoms with Crippen LogP contribution in [0.3, 0.4) is 0 Å². The molecule has 0 aromatic carbocycles. The molecule has 0 radical (unpaired) electrons. The zero-order chi connectivity index (χ0) is 53.4. The first kappa shape index (κ1) is 71.9. The minimum absolute atomic E-state index is 0.0641. The van der Waals surface area contributed by atoms with Crippen molar-refractivity contribution in [3.8, 4) is 0 Å². The number of unbranched alkanes of at least 4 members (excludes halogenated alkanes) is 46. The van der Waals surface area contributed by atoms with Crippen LogP contribution in [0.1, 0.15) is 361 Å². The van der Waals surface area contributed by atoms with Crippen molar-refractivity contribution in [2.45, 2.75) is 367 Å². The molecule has 1 unspecified atom stereocenters. The topological polar surface area (TPSA) is 72.8 Å². The van der Waals surface area contributed by atoms with Crippen LogP contribution >= 0.6 is 0 Å². The van der Waals surface area contributed by atoms with Crippen molar-refractivity contribution in [2.75, 3.05) is 13.2 Å². The summed E-state index contributed by atoms with van der Waals surface area (Å²) in [6.45, 7) is 4.16. The van der Waals surface area contributed by atoms with Gasteiger partial charge in [0.2, 0.25) is 0 Å². The van der Waals surface area contributed by atoms with E-state index >= 15 is 0 Å². The monoisotopic (exact) mass is 1040 g/mol. The number of rotatable bonds is 62. The Balaban J connectivity index is 3.38. The molecule has 0 amide bonds. The van der Waals surface area contributed by atoms with Crippen molar-refractivity contribution in [1.82, 2.24) is 0 Å². The van der Waals surface area contributed by atoms with Gasteiger partial charge in [-0.2, -0.15) is 0 Å². The van der Waals surface area contributed by atoms with Crippen LogP contribution in [-0.2, 0) is 19.1 Å². The number of ether oxygens (including phenoxy) is 2. The van der Waals surface area contributed by atoms with Crippen LogP contribution < -0.4 is 0 Å². The highest BCUT2D eigenvalue weighted by molar-refractivity contribution is 5.70. The number of hydrogen-bond donors (Lipinski definition) is 1. The van der Waals surface area contributed by atoms with E-state index in [0.29, 0.717) is 12.8 Å². The highest BCUT2D eigenvalue weighted by atomic mass is 16.6. The molecule has 0 aliphatic heterocycles. The second-order valence-electron chi connectivity index (χ2n) is 22.5. The molecule has 0 heterocycles. The molecule has 0 bridgehead atoms. The fraction of sp³-hybridized carbons (Fsp3) is 0.855. The van der Waals surface area contributed by atoms with Gasteiger partial charge < -0.3 is 14.6 Å². The standard InChI is InChI=1S/C69H128O5/c1-3-5-7-9-11-13-15-17-19-21-23-25-26-27-28-29-30-31-32-33-34-35-36-37-38-39-40-41-42-44-46-48-50-52-54-56-58-60-62-64-69(72)74-67(65-70)66-73-68(71)63-61-59-57-55-53-51-49-47-45-43-24-22-20-18-16-14-12-10-8-6-4-2/h15-18,21-24,67,70H,3-14,19-20,25-66H2,1-2H3/b17-15-,18-16-,23-21-,24-22-. The van der Waals surface area contributed by atoms with Crippen LogP contribution in [0.25, 0.3) is 0 Å². The third-order valence-corrected chi connectivity index (χ3v) is 15.1. The van der Waals surface area contributed by atoms with Crippen LogP contribution in [-0.4, -0.2) is 36.4 Å². The minimum atomic E-state index is -0.773. The second kappa shape index (κ2) is 65.1. The summed E-state index contributed by atoms with van der Waals surface area (Å²) in [6.07, 6.45) is 87.1. The van der Waals surface area contributed by atoms with E-state index < -0.39 is 6.10 Å². The van der Waals surface area contributed by atoms with E-state index in [-0.39, 0.29) is 25.2 Å². The SMILES string of the molecule is CCCCCCC/C=C\C/C=C\CCCCCCCCCCCCCCCCCCCCCCCCCCCCCC(=O)OC(CO)COC(=O)CCCCCCCCCCC/C=C\C/C=C\CCCCCCC. The number of carbonyl (C=O) groups is 2. The van der Waals surface area contributed by atoms with Gasteiger partial charge in [0, 0.05) is 12.8 Å². The molecule has 5 nitrogen and oxygen atoms in total. The molecular weight excluding hydrogens is 909 g/mol. The van der Waals surface area contributed by atoms with Gasteiger partial charge in [-0.25, -0.2) is 0 Å². The summed E-state index contributed by atoms with van der Waals surface area (Å²) >= 11 is 0. The van der Waals surface area contributed by atoms with E-state index in [0.717, 1.165) is 51.4 Å². The van der Waals surface area contributed by atoms with Crippen LogP contribution in [0.2, 0.25) is 0 Å². The molecule has 74 heavy (non-hydrogen) atoms. The lowest BCUT2D eigenvalue weighted by Gasteiger charge is -2.15. The van der Waals surface area contributed by atoms with Gasteiger partial charge in [0.25, 0.3) is 0 Å². The van der Waals surface area contributed by atoms with E-state index in [1.54, 1.807) is 0 Å². The molecule has 0 saturated carbocycles. The summed E-state index contributed by atoms with van der Waals surface area (Å²) in [7, 11) is 0. The summed E-state index contributed by atoms with van der Waals surface area (Å²) in [5, 5.41) is 9.68. The van der Waals surface area contributed by atoms with Gasteiger partial charge in [-0.3, -0.25) is 9.59 Å². The number of carbonyl (C=O) groups excluding carboxylic acids is 2. The number of esters is 2. The van der Waals surface area contributed by atoms with Crippen LogP contribution in [0, 0.1) is 0 Å². The molecule has 0 aliphatic rings. The summed E-state index contributed by atoms with van der Waals surface area (Å²) in [5.74, 6) is -0.577. The van der Waals surface area contributed by atoms with E-state index in [9.17, 15) is 14.7 Å². The van der Waals surface area contributed by atoms with E-state index in [1.807, 2.05) is 0 Å². The summed E-state index contributed by atoms with van der Waals surface area (Å²) in [5.41, 5.74) is 0. The highest BCUT2D eigenvalue weighted by Crippen LogP contribution is 2.18. The average molecular weight is 1040 g/mol. The zero-order valence-electron chi connectivity index (χ0n) is 49.9. The van der Waals surface area contributed by atoms with E-state index in [4.69, 9.17) is 9.47 Å². The van der Waals surface area contributed by atoms with Gasteiger partial charge in [-0.15, -0.1) is 0 Å². The predicted molar refractivity (Wildman–Crippen MR) is 325 cm³/mol. The number of hydrogen-bond acceptors (Lipinski definition) is 5. The normalized spacial score (nSPS) is 12.4. The number of aliphatic hydroxyl groups is 1. The van der Waals surface area contributed by atoms with Crippen LogP contribution in [0.4, 0.5) is 0 Å². The van der Waals surface area contributed by atoms with Crippen molar-refractivity contribution in [1.29, 1.82) is 0 Å². The van der Waals surface area contributed by atoms with Crippen molar-refractivity contribution >= 4 is 11.9 Å². The van der Waals surface area contributed by atoms with Gasteiger partial charge in [0.05, 0.1) is 6.61 Å². The molecule has 0 saturated heterocycles. The maximum Gasteiger partial charge on any atom is 0.306 e. The van der Waals surface area contributed by atoms with Crippen molar-refractivity contribution in [3.63, 3.8) is 0 Å². The lowest BCUT2D eigenvalue weighted by atomic mass is 10.0. The molecule has 0 aliphatic carbocycles. The third kappa shape index (κ3) is 62.4. The Morgan fingerprint density at radius 3 is 0.797 bits per heavy atom. The predicted octanol–water partition coefficient (Wildman–Crippen LogP) is 22.8. The van der Waals surface area contributed by atoms with Gasteiger partial charge >= 0.3 is 11.9 Å². The maximum absolute atomic E-state index is 12.3. The first-order valence-electron chi connectivity index (χ1n) is 33.2. The molecule has 0 fully saturated rings. The lowest BCUT2D eigenvalue weighted by molar-refractivity contribution is -0.161. The molecule has 0 aromatic rings. The van der Waals surface area contributed by atoms with Gasteiger partial charge in [-0.1, -0.05) is 319 Å². The number of allylic oxidation sites excluding steroid dienone is 8. The smallest absolute Gasteiger partial charge is 0.306 e. The molecule has 1 N–H and O–H groups in total. The molecule has 0 aromatic heterocycles. The Hall–Kier alpha value is -2.14. The largest absolute Gasteiger partial charge is 0.462 e. The molecule has 1 atom stereocenters. The van der Waals surface area contributed by atoms with Crippen molar-refractivity contribution < 1.29 is 24.2 Å². The Morgan fingerprint density at radius 2 is 0.541 bits per heavy atom. The Morgan fingerprint density at radius 1 is 0.311 bits per heavy atom. The summed E-state index contributed by atoms with van der Waals surface area (Å²) < 4.78 is 10.7. The fourth-order valence-corrected chi connectivity index (χ4v) is 10.1. The second-order valence-corrected chi connectivity index (χ2v) is 22.5. The van der Waals surface area contributed by atoms with E-state index in [2.05, 4.69) is 62.5 Å². The number of aliphatic hydroxyl groups excluding tert-OH is 1. The highest BCUT2D eigenvalue weighted by Gasteiger charge is 2.16. The van der Waals surface area contributed by atoms with Crippen LogP contribution in [0.5, 0.6) is 0 Å². The van der Waals surface area contributed by atoms with Gasteiger partial charge in [-0.05, 0) is 77.0 Å². The third-order valence-electron chi connectivity index (χ3n) is 15.1.